The Morgan fingerprint density at radius 1 is 0.900 bits per heavy atom. The van der Waals surface area contributed by atoms with Crippen LogP contribution in [0.25, 0.3) is 15.6 Å². The number of benzene rings is 2. The van der Waals surface area contributed by atoms with E-state index in [1.54, 1.807) is 0 Å². The second-order valence-electron chi connectivity index (χ2n) is 12.3. The number of hydrogen-bond acceptors (Lipinski definition) is 6. The molecular formula is C33H40N6O. The van der Waals surface area contributed by atoms with Crippen LogP contribution in [-0.4, -0.2) is 66.8 Å². The Bertz CT molecular complexity index is 1390. The van der Waals surface area contributed by atoms with Gasteiger partial charge in [-0.1, -0.05) is 36.4 Å². The Balaban J connectivity index is 1.17. The minimum absolute atomic E-state index is 0.409. The molecule has 1 aromatic heterocycles. The first-order valence-electron chi connectivity index (χ1n) is 15.3. The Labute approximate surface area is 238 Å². The van der Waals surface area contributed by atoms with Crippen LogP contribution in [0.4, 0.5) is 11.5 Å². The molecule has 40 heavy (non-hydrogen) atoms. The number of rotatable bonds is 8. The molecule has 1 aliphatic carbocycles. The third-order valence-electron chi connectivity index (χ3n) is 9.39. The van der Waals surface area contributed by atoms with E-state index in [0.717, 1.165) is 62.9 Å². The van der Waals surface area contributed by atoms with Crippen molar-refractivity contribution in [2.45, 2.75) is 57.5 Å². The standard InChI is InChI=1S/C33H40N6O/c1-34-19-25-7-5-17-39(21-25)32-29-15-18-38(31-12-4-9-26-8-2-3-11-28(26)31)22-30(29)35-33(36-32)40-23-27-10-6-16-37(27)20-24-13-14-24/h2-4,8-9,11-12,24-25,27H,5-7,10,13-23H2/t25?,27-/m0/s1. The lowest BCUT2D eigenvalue weighted by Crippen LogP contribution is -2.40. The van der Waals surface area contributed by atoms with Gasteiger partial charge in [0, 0.05) is 54.8 Å². The topological polar surface area (TPSA) is 49.1 Å². The fourth-order valence-corrected chi connectivity index (χ4v) is 7.07. The maximum absolute atomic E-state index is 7.41. The molecule has 1 saturated carbocycles. The molecule has 0 N–H and O–H groups in total. The van der Waals surface area contributed by atoms with Crippen LogP contribution in [0.15, 0.2) is 42.5 Å². The van der Waals surface area contributed by atoms with Gasteiger partial charge in [-0.05, 0) is 68.9 Å². The molecule has 0 spiro atoms. The van der Waals surface area contributed by atoms with Crippen molar-refractivity contribution < 1.29 is 4.74 Å². The van der Waals surface area contributed by atoms with Gasteiger partial charge in [0.15, 0.2) is 0 Å². The summed E-state index contributed by atoms with van der Waals surface area (Å²) in [6, 6.07) is 16.2. The summed E-state index contributed by atoms with van der Waals surface area (Å²) in [5.74, 6) is 2.36. The summed E-state index contributed by atoms with van der Waals surface area (Å²) in [6.07, 6.45) is 8.38. The van der Waals surface area contributed by atoms with Crippen molar-refractivity contribution in [3.05, 3.63) is 65.1 Å². The SMILES string of the molecule is [C-]#[N+]CC1CCCN(c2nc(OC[C@@H]3CCCN3CC3CC3)nc3c2CCN(c2cccc4ccccc24)C3)C1. The van der Waals surface area contributed by atoms with Gasteiger partial charge in [0.2, 0.25) is 6.54 Å². The predicted octanol–water partition coefficient (Wildman–Crippen LogP) is 5.58. The summed E-state index contributed by atoms with van der Waals surface area (Å²) < 4.78 is 6.45. The third kappa shape index (κ3) is 5.34. The van der Waals surface area contributed by atoms with Gasteiger partial charge < -0.3 is 19.4 Å². The third-order valence-corrected chi connectivity index (χ3v) is 9.39. The molecule has 2 atom stereocenters. The molecular weight excluding hydrogens is 496 g/mol. The van der Waals surface area contributed by atoms with Gasteiger partial charge in [-0.3, -0.25) is 4.90 Å². The van der Waals surface area contributed by atoms with E-state index in [1.807, 2.05) is 0 Å². The molecule has 3 aliphatic heterocycles. The molecule has 4 aliphatic rings. The molecule has 0 radical (unpaired) electrons. The summed E-state index contributed by atoms with van der Waals surface area (Å²) in [4.78, 5) is 21.4. The van der Waals surface area contributed by atoms with E-state index in [9.17, 15) is 0 Å². The van der Waals surface area contributed by atoms with Gasteiger partial charge in [-0.25, -0.2) is 6.57 Å². The number of ether oxygens (including phenoxy) is 1. The zero-order chi connectivity index (χ0) is 26.9. The highest BCUT2D eigenvalue weighted by Crippen LogP contribution is 2.36. The average Bonchev–Trinajstić information content (AvgIpc) is 3.71. The molecule has 3 fully saturated rings. The van der Waals surface area contributed by atoms with E-state index in [4.69, 9.17) is 21.3 Å². The Kier molecular flexibility index (Phi) is 7.20. The van der Waals surface area contributed by atoms with Crippen molar-refractivity contribution in [1.82, 2.24) is 14.9 Å². The highest BCUT2D eigenvalue weighted by atomic mass is 16.5. The quantitative estimate of drug-likeness (QED) is 0.350. The number of likely N-dealkylation sites (tertiary alicyclic amines) is 1. The second kappa shape index (κ2) is 11.2. The second-order valence-corrected chi connectivity index (χ2v) is 12.3. The van der Waals surface area contributed by atoms with Crippen molar-refractivity contribution in [2.24, 2.45) is 11.8 Å². The summed E-state index contributed by atoms with van der Waals surface area (Å²) in [5, 5.41) is 2.55. The Morgan fingerprint density at radius 2 is 1.77 bits per heavy atom. The number of aromatic nitrogens is 2. The summed E-state index contributed by atoms with van der Waals surface area (Å²) in [7, 11) is 0. The molecule has 208 valence electrons. The molecule has 7 nitrogen and oxygen atoms in total. The van der Waals surface area contributed by atoms with E-state index >= 15 is 0 Å². The number of anilines is 2. The normalized spacial score (nSPS) is 23.3. The van der Waals surface area contributed by atoms with Crippen molar-refractivity contribution >= 4 is 22.3 Å². The van der Waals surface area contributed by atoms with Crippen molar-refractivity contribution in [3.63, 3.8) is 0 Å². The molecule has 0 bridgehead atoms. The summed E-state index contributed by atoms with van der Waals surface area (Å²) >= 11 is 0. The first-order chi connectivity index (χ1) is 19.7. The fraction of sp³-hybridized carbons (Fsp3) is 0.545. The van der Waals surface area contributed by atoms with Crippen LogP contribution >= 0.6 is 0 Å². The van der Waals surface area contributed by atoms with Gasteiger partial charge in [0.25, 0.3) is 0 Å². The molecule has 4 heterocycles. The maximum atomic E-state index is 7.41. The van der Waals surface area contributed by atoms with Crippen LogP contribution < -0.4 is 14.5 Å². The smallest absolute Gasteiger partial charge is 0.318 e. The van der Waals surface area contributed by atoms with Crippen LogP contribution in [0.2, 0.25) is 0 Å². The van der Waals surface area contributed by atoms with E-state index in [1.165, 1.54) is 60.8 Å². The van der Waals surface area contributed by atoms with Crippen LogP contribution in [0, 0.1) is 18.4 Å². The highest BCUT2D eigenvalue weighted by Gasteiger charge is 2.33. The molecule has 7 rings (SSSR count). The fourth-order valence-electron chi connectivity index (χ4n) is 7.07. The first-order valence-corrected chi connectivity index (χ1v) is 15.3. The number of piperidine rings is 1. The Hall–Kier alpha value is -3.37. The van der Waals surface area contributed by atoms with Crippen LogP contribution in [0.1, 0.15) is 49.8 Å². The summed E-state index contributed by atoms with van der Waals surface area (Å²) in [6.45, 7) is 14.7. The number of nitrogens with zero attached hydrogens (tertiary/aromatic N) is 6. The highest BCUT2D eigenvalue weighted by molar-refractivity contribution is 5.94. The number of hydrogen-bond donors (Lipinski definition) is 0. The maximum Gasteiger partial charge on any atom is 0.318 e. The molecule has 7 heteroatoms. The van der Waals surface area contributed by atoms with E-state index in [2.05, 4.69) is 62.0 Å². The minimum atomic E-state index is 0.409. The van der Waals surface area contributed by atoms with Crippen molar-refractivity contribution in [3.8, 4) is 6.01 Å². The van der Waals surface area contributed by atoms with E-state index in [0.29, 0.717) is 31.1 Å². The van der Waals surface area contributed by atoms with Crippen molar-refractivity contribution in [2.75, 3.05) is 55.7 Å². The molecule has 2 saturated heterocycles. The molecule has 0 amide bonds. The predicted molar refractivity (Wildman–Crippen MR) is 160 cm³/mol. The van der Waals surface area contributed by atoms with Crippen LogP contribution in [0.5, 0.6) is 6.01 Å². The summed E-state index contributed by atoms with van der Waals surface area (Å²) in [5.41, 5.74) is 3.62. The minimum Gasteiger partial charge on any atom is -0.462 e. The van der Waals surface area contributed by atoms with Gasteiger partial charge >= 0.3 is 6.01 Å². The van der Waals surface area contributed by atoms with Crippen LogP contribution in [0.3, 0.4) is 0 Å². The van der Waals surface area contributed by atoms with Gasteiger partial charge in [0.05, 0.1) is 12.2 Å². The zero-order valence-electron chi connectivity index (χ0n) is 23.5. The van der Waals surface area contributed by atoms with E-state index in [-0.39, 0.29) is 0 Å². The molecule has 2 aromatic carbocycles. The average molecular weight is 537 g/mol. The van der Waals surface area contributed by atoms with Gasteiger partial charge in [-0.2, -0.15) is 9.97 Å². The largest absolute Gasteiger partial charge is 0.462 e. The van der Waals surface area contributed by atoms with Crippen molar-refractivity contribution in [1.29, 1.82) is 0 Å². The van der Waals surface area contributed by atoms with E-state index < -0.39 is 0 Å². The first kappa shape index (κ1) is 25.6. The molecule has 3 aromatic rings. The van der Waals surface area contributed by atoms with Gasteiger partial charge in [0.1, 0.15) is 12.4 Å². The van der Waals surface area contributed by atoms with Gasteiger partial charge in [-0.15, -0.1) is 0 Å². The molecule has 1 unspecified atom stereocenters. The van der Waals surface area contributed by atoms with Crippen LogP contribution in [-0.2, 0) is 13.0 Å². The number of fused-ring (bicyclic) bond motifs is 2. The monoisotopic (exact) mass is 536 g/mol. The lowest BCUT2D eigenvalue weighted by atomic mass is 9.96. The Morgan fingerprint density at radius 3 is 2.67 bits per heavy atom. The lowest BCUT2D eigenvalue weighted by Gasteiger charge is -2.36. The lowest BCUT2D eigenvalue weighted by molar-refractivity contribution is 0.160. The zero-order valence-corrected chi connectivity index (χ0v) is 23.5.